The van der Waals surface area contributed by atoms with E-state index in [2.05, 4.69) is 17.1 Å². The summed E-state index contributed by atoms with van der Waals surface area (Å²) in [6, 6.07) is 0. The maximum Gasteiger partial charge on any atom is 0.175 e. The molecular weight excluding hydrogens is 272 g/mol. The van der Waals surface area contributed by atoms with Gasteiger partial charge in [0.15, 0.2) is 8.68 Å². The zero-order chi connectivity index (χ0) is 12.5. The molecule has 0 bridgehead atoms. The molecule has 1 aromatic heterocycles. The van der Waals surface area contributed by atoms with E-state index >= 15 is 0 Å². The van der Waals surface area contributed by atoms with Crippen molar-refractivity contribution in [3.63, 3.8) is 0 Å². The number of thioether (sulfide) groups is 2. The number of aromatic nitrogens is 2. The molecule has 0 radical (unpaired) electrons. The van der Waals surface area contributed by atoms with Gasteiger partial charge in [-0.2, -0.15) is 0 Å². The van der Waals surface area contributed by atoms with Gasteiger partial charge in [0.25, 0.3) is 0 Å². The molecule has 1 rings (SSSR count). The van der Waals surface area contributed by atoms with Crippen molar-refractivity contribution in [3.05, 3.63) is 0 Å². The van der Waals surface area contributed by atoms with E-state index in [9.17, 15) is 4.79 Å². The van der Waals surface area contributed by atoms with Gasteiger partial charge in [-0.1, -0.05) is 48.2 Å². The quantitative estimate of drug-likeness (QED) is 0.510. The van der Waals surface area contributed by atoms with E-state index in [1.807, 2.05) is 0 Å². The number of Topliss-reactive ketones (excluding diaryl/α,β-unsaturated/α-hetero) is 1. The molecule has 0 saturated carbocycles. The van der Waals surface area contributed by atoms with Crippen LogP contribution in [0, 0.1) is 0 Å². The number of unbranched alkanes of at least 4 members (excludes halogenated alkanes) is 1. The first-order valence-corrected chi connectivity index (χ1v) is 8.59. The van der Waals surface area contributed by atoms with E-state index in [1.54, 1.807) is 41.8 Å². The minimum atomic E-state index is 0.263. The summed E-state index contributed by atoms with van der Waals surface area (Å²) in [6.07, 6.45) is 4.05. The molecule has 17 heavy (non-hydrogen) atoms. The second-order valence-electron chi connectivity index (χ2n) is 3.69. The number of hydrogen-bond acceptors (Lipinski definition) is 6. The van der Waals surface area contributed by atoms with Crippen LogP contribution in [0.15, 0.2) is 8.68 Å². The van der Waals surface area contributed by atoms with Crippen molar-refractivity contribution in [2.24, 2.45) is 0 Å². The summed E-state index contributed by atoms with van der Waals surface area (Å²) in [5, 5.41) is 8.28. The van der Waals surface area contributed by atoms with Crippen LogP contribution in [0.4, 0.5) is 0 Å². The highest BCUT2D eigenvalue weighted by Crippen LogP contribution is 2.29. The van der Waals surface area contributed by atoms with Crippen LogP contribution in [0.1, 0.15) is 39.5 Å². The molecule has 0 atom stereocenters. The zero-order valence-electron chi connectivity index (χ0n) is 10.3. The van der Waals surface area contributed by atoms with Crippen LogP contribution in [0.25, 0.3) is 0 Å². The molecule has 96 valence electrons. The Hall–Kier alpha value is -0.0700. The first-order valence-electron chi connectivity index (χ1n) is 5.81. The normalized spacial score (nSPS) is 10.7. The van der Waals surface area contributed by atoms with Crippen molar-refractivity contribution in [2.45, 2.75) is 48.2 Å². The van der Waals surface area contributed by atoms with Crippen LogP contribution >= 0.6 is 34.9 Å². The predicted octanol–water partition coefficient (Wildman–Crippen LogP) is 3.89. The monoisotopic (exact) mass is 290 g/mol. The second kappa shape index (κ2) is 8.94. The van der Waals surface area contributed by atoms with E-state index in [1.165, 1.54) is 12.8 Å². The number of rotatable bonds is 9. The summed E-state index contributed by atoms with van der Waals surface area (Å²) in [6.45, 7) is 3.83. The van der Waals surface area contributed by atoms with Crippen molar-refractivity contribution in [1.82, 2.24) is 10.2 Å². The SMILES string of the molecule is CCCCSc1nnc(SCCCC(C)=O)s1. The third-order valence-corrected chi connectivity index (χ3v) is 5.37. The molecule has 0 unspecified atom stereocenters. The van der Waals surface area contributed by atoms with Gasteiger partial charge in [-0.15, -0.1) is 10.2 Å². The van der Waals surface area contributed by atoms with Crippen molar-refractivity contribution >= 4 is 40.6 Å². The Labute approximate surface area is 115 Å². The molecule has 0 fully saturated rings. The molecule has 0 N–H and O–H groups in total. The molecule has 0 aliphatic rings. The lowest BCUT2D eigenvalue weighted by Crippen LogP contribution is -1.90. The lowest BCUT2D eigenvalue weighted by molar-refractivity contribution is -0.117. The highest BCUT2D eigenvalue weighted by Gasteiger charge is 2.05. The topological polar surface area (TPSA) is 42.9 Å². The fraction of sp³-hybridized carbons (Fsp3) is 0.727. The average molecular weight is 290 g/mol. The first kappa shape index (κ1) is 15.0. The Kier molecular flexibility index (Phi) is 7.88. The molecule has 1 heterocycles. The minimum Gasteiger partial charge on any atom is -0.300 e. The van der Waals surface area contributed by atoms with Crippen molar-refractivity contribution in [2.75, 3.05) is 11.5 Å². The maximum absolute atomic E-state index is 10.8. The summed E-state index contributed by atoms with van der Waals surface area (Å²) in [7, 11) is 0. The van der Waals surface area contributed by atoms with Gasteiger partial charge in [0.05, 0.1) is 0 Å². The van der Waals surface area contributed by atoms with Crippen LogP contribution in [0.3, 0.4) is 0 Å². The van der Waals surface area contributed by atoms with E-state index in [4.69, 9.17) is 0 Å². The van der Waals surface area contributed by atoms with Crippen molar-refractivity contribution in [3.8, 4) is 0 Å². The molecule has 0 amide bonds. The lowest BCUT2D eigenvalue weighted by Gasteiger charge is -1.94. The van der Waals surface area contributed by atoms with Crippen molar-refractivity contribution < 1.29 is 4.79 Å². The fourth-order valence-corrected chi connectivity index (χ4v) is 4.28. The van der Waals surface area contributed by atoms with E-state index in [0.717, 1.165) is 26.6 Å². The van der Waals surface area contributed by atoms with E-state index < -0.39 is 0 Å². The van der Waals surface area contributed by atoms with Gasteiger partial charge in [-0.25, -0.2) is 0 Å². The summed E-state index contributed by atoms with van der Waals surface area (Å²) in [5.74, 6) is 2.34. The van der Waals surface area contributed by atoms with Crippen molar-refractivity contribution in [1.29, 1.82) is 0 Å². The summed E-state index contributed by atoms with van der Waals surface area (Å²) < 4.78 is 2.08. The Morgan fingerprint density at radius 2 is 1.76 bits per heavy atom. The van der Waals surface area contributed by atoms with Gasteiger partial charge >= 0.3 is 0 Å². The predicted molar refractivity (Wildman–Crippen MR) is 76.2 cm³/mol. The fourth-order valence-electron chi connectivity index (χ4n) is 1.10. The molecule has 0 aliphatic carbocycles. The number of ketones is 1. The smallest absolute Gasteiger partial charge is 0.175 e. The van der Waals surface area contributed by atoms with Crippen LogP contribution in [0.5, 0.6) is 0 Å². The number of hydrogen-bond donors (Lipinski definition) is 0. The zero-order valence-corrected chi connectivity index (χ0v) is 12.7. The molecule has 1 aromatic rings. The number of carbonyl (C=O) groups is 1. The van der Waals surface area contributed by atoms with Gasteiger partial charge in [-0.05, 0) is 19.8 Å². The lowest BCUT2D eigenvalue weighted by atomic mass is 10.3. The molecule has 0 aromatic carbocycles. The molecule has 3 nitrogen and oxygen atoms in total. The second-order valence-corrected chi connectivity index (χ2v) is 7.35. The summed E-state index contributed by atoms with van der Waals surface area (Å²) in [5.41, 5.74) is 0. The molecule has 0 aliphatic heterocycles. The maximum atomic E-state index is 10.8. The van der Waals surface area contributed by atoms with Crippen LogP contribution in [-0.2, 0) is 4.79 Å². The highest BCUT2D eigenvalue weighted by molar-refractivity contribution is 8.03. The Bertz CT molecular complexity index is 341. The third kappa shape index (κ3) is 7.06. The Morgan fingerprint density at radius 1 is 1.18 bits per heavy atom. The first-order chi connectivity index (χ1) is 8.22. The van der Waals surface area contributed by atoms with Crippen LogP contribution in [0.2, 0.25) is 0 Å². The Balaban J connectivity index is 2.18. The molecule has 0 spiro atoms. The third-order valence-electron chi connectivity index (χ3n) is 2.01. The van der Waals surface area contributed by atoms with Gasteiger partial charge in [0.2, 0.25) is 0 Å². The standard InChI is InChI=1S/C11H18N2OS3/c1-3-4-7-15-10-12-13-11(17-10)16-8-5-6-9(2)14/h3-8H2,1-2H3. The summed E-state index contributed by atoms with van der Waals surface area (Å²) >= 11 is 5.15. The van der Waals surface area contributed by atoms with Gasteiger partial charge in [0.1, 0.15) is 5.78 Å². The van der Waals surface area contributed by atoms with Gasteiger partial charge in [-0.3, -0.25) is 0 Å². The highest BCUT2D eigenvalue weighted by atomic mass is 32.2. The minimum absolute atomic E-state index is 0.263. The van der Waals surface area contributed by atoms with Crippen LogP contribution in [-0.4, -0.2) is 27.5 Å². The van der Waals surface area contributed by atoms with E-state index in [0.29, 0.717) is 6.42 Å². The molecular formula is C11H18N2OS3. The Morgan fingerprint density at radius 3 is 2.29 bits per heavy atom. The van der Waals surface area contributed by atoms with E-state index in [-0.39, 0.29) is 5.78 Å². The average Bonchev–Trinajstić information content (AvgIpc) is 2.73. The largest absolute Gasteiger partial charge is 0.300 e. The number of carbonyl (C=O) groups excluding carboxylic acids is 1. The van der Waals surface area contributed by atoms with Gasteiger partial charge in [0, 0.05) is 17.9 Å². The molecule has 0 saturated heterocycles. The number of nitrogens with zero attached hydrogens (tertiary/aromatic N) is 2. The summed E-state index contributed by atoms with van der Waals surface area (Å²) in [4.78, 5) is 10.8. The van der Waals surface area contributed by atoms with Gasteiger partial charge < -0.3 is 4.79 Å². The van der Waals surface area contributed by atoms with Crippen LogP contribution < -0.4 is 0 Å². The molecule has 6 heteroatoms.